The minimum absolute atomic E-state index is 0.0701. The van der Waals surface area contributed by atoms with Crippen LogP contribution in [0.15, 0.2) is 0 Å². The molecule has 0 aliphatic carbocycles. The van der Waals surface area contributed by atoms with Crippen molar-refractivity contribution in [2.24, 2.45) is 10.8 Å². The van der Waals surface area contributed by atoms with Gasteiger partial charge in [0.1, 0.15) is 0 Å². The number of ether oxygens (including phenoxy) is 4. The molecule has 0 spiro atoms. The predicted octanol–water partition coefficient (Wildman–Crippen LogP) is 4.51. The number of halogens is 6. The summed E-state index contributed by atoms with van der Waals surface area (Å²) in [6.45, 7) is 6.50. The molecule has 28 heavy (non-hydrogen) atoms. The number of alkyl halides is 6. The van der Waals surface area contributed by atoms with Gasteiger partial charge in [-0.1, -0.05) is 13.8 Å². The first-order valence-corrected chi connectivity index (χ1v) is 9.33. The second-order valence-electron chi connectivity index (χ2n) is 8.22. The summed E-state index contributed by atoms with van der Waals surface area (Å²) >= 11 is 0. The third-order valence-corrected chi connectivity index (χ3v) is 5.98. The van der Waals surface area contributed by atoms with Crippen LogP contribution in [0.5, 0.6) is 0 Å². The molecule has 2 saturated heterocycles. The molecule has 0 amide bonds. The van der Waals surface area contributed by atoms with Crippen molar-refractivity contribution in [1.29, 1.82) is 0 Å². The molecule has 2 aliphatic heterocycles. The Bertz CT molecular complexity index is 479. The van der Waals surface area contributed by atoms with Crippen LogP contribution >= 0.6 is 0 Å². The largest absolute Gasteiger partial charge is 0.415 e. The zero-order valence-electron chi connectivity index (χ0n) is 16.5. The average Bonchev–Trinajstić information content (AvgIpc) is 2.57. The van der Waals surface area contributed by atoms with Crippen LogP contribution in [0.1, 0.15) is 40.5 Å². The third-order valence-electron chi connectivity index (χ3n) is 5.98. The Labute approximate surface area is 160 Å². The summed E-state index contributed by atoms with van der Waals surface area (Å²) in [5, 5.41) is 0. The maximum absolute atomic E-state index is 12.9. The van der Waals surface area contributed by atoms with E-state index >= 15 is 0 Å². The molecule has 10 heteroatoms. The maximum Gasteiger partial charge on any atom is 0.415 e. The van der Waals surface area contributed by atoms with Crippen molar-refractivity contribution < 1.29 is 45.3 Å². The van der Waals surface area contributed by atoms with E-state index in [2.05, 4.69) is 0 Å². The predicted molar refractivity (Wildman–Crippen MR) is 87.9 cm³/mol. The highest BCUT2D eigenvalue weighted by Gasteiger charge is 2.64. The number of hydrogen-bond donors (Lipinski definition) is 0. The van der Waals surface area contributed by atoms with E-state index in [4.69, 9.17) is 18.9 Å². The molecule has 2 aliphatic rings. The Morgan fingerprint density at radius 2 is 1.04 bits per heavy atom. The summed E-state index contributed by atoms with van der Waals surface area (Å²) in [5.41, 5.74) is -2.23. The van der Waals surface area contributed by atoms with Gasteiger partial charge in [-0.25, -0.2) is 0 Å². The second kappa shape index (κ2) is 8.28. The Kier molecular flexibility index (Phi) is 7.00. The summed E-state index contributed by atoms with van der Waals surface area (Å²) in [7, 11) is 0. The van der Waals surface area contributed by atoms with Gasteiger partial charge in [-0.05, 0) is 26.7 Å². The van der Waals surface area contributed by atoms with Gasteiger partial charge >= 0.3 is 12.4 Å². The maximum atomic E-state index is 12.9. The highest BCUT2D eigenvalue weighted by atomic mass is 19.4. The molecule has 4 nitrogen and oxygen atoms in total. The monoisotopic (exact) mass is 422 g/mol. The van der Waals surface area contributed by atoms with Crippen molar-refractivity contribution in [3.63, 3.8) is 0 Å². The van der Waals surface area contributed by atoms with Crippen LogP contribution in [0, 0.1) is 10.8 Å². The van der Waals surface area contributed by atoms with Crippen LogP contribution in [-0.4, -0.2) is 63.2 Å². The molecular weight excluding hydrogens is 394 g/mol. The zero-order chi connectivity index (χ0) is 21.4. The van der Waals surface area contributed by atoms with Crippen molar-refractivity contribution in [3.8, 4) is 0 Å². The lowest BCUT2D eigenvalue weighted by Gasteiger charge is -2.52. The van der Waals surface area contributed by atoms with Crippen LogP contribution in [-0.2, 0) is 18.9 Å². The Morgan fingerprint density at radius 3 is 1.29 bits per heavy atom. The van der Waals surface area contributed by atoms with Gasteiger partial charge in [-0.15, -0.1) is 0 Å². The van der Waals surface area contributed by atoms with E-state index in [1.807, 2.05) is 0 Å². The van der Waals surface area contributed by atoms with Gasteiger partial charge in [0.05, 0.1) is 36.3 Å². The topological polar surface area (TPSA) is 36.9 Å². The zero-order valence-corrected chi connectivity index (χ0v) is 16.5. The highest BCUT2D eigenvalue weighted by Crippen LogP contribution is 2.50. The van der Waals surface area contributed by atoms with Gasteiger partial charge in [0.15, 0.2) is 12.2 Å². The van der Waals surface area contributed by atoms with Gasteiger partial charge in [-0.2, -0.15) is 26.3 Å². The van der Waals surface area contributed by atoms with E-state index in [0.29, 0.717) is 12.8 Å². The van der Waals surface area contributed by atoms with Gasteiger partial charge < -0.3 is 18.9 Å². The Balaban J connectivity index is 1.60. The quantitative estimate of drug-likeness (QED) is 0.405. The first-order valence-electron chi connectivity index (χ1n) is 9.33. The Morgan fingerprint density at radius 1 is 0.714 bits per heavy atom. The first-order chi connectivity index (χ1) is 12.7. The lowest BCUT2D eigenvalue weighted by molar-refractivity contribution is -0.357. The fraction of sp³-hybridized carbons (Fsp3) is 1.00. The van der Waals surface area contributed by atoms with Crippen molar-refractivity contribution in [2.45, 2.75) is 77.3 Å². The molecular formula is C18H28F6O4. The smallest absolute Gasteiger partial charge is 0.381 e. The standard InChI is InChI=1S/C18H28F6O4/c1-11-15(3,13(27-11)17(19,20)21)9-25-7-5-6-8-26-10-16(4)12(2)28-14(16)18(22,23)24/h11-14H,5-10H2,1-4H3. The molecule has 2 heterocycles. The van der Waals surface area contributed by atoms with E-state index < -0.39 is 47.6 Å². The second-order valence-corrected chi connectivity index (χ2v) is 8.22. The van der Waals surface area contributed by atoms with Crippen LogP contribution in [0.3, 0.4) is 0 Å². The molecule has 2 fully saturated rings. The number of hydrogen-bond acceptors (Lipinski definition) is 4. The van der Waals surface area contributed by atoms with Crippen molar-refractivity contribution in [3.05, 3.63) is 0 Å². The SMILES string of the molecule is CC1OC(C(F)(F)F)C1(C)COCCCCOCC1(C)C(C)OC1C(F)(F)F. The number of unbranched alkanes of at least 4 members (excludes halogenated alkanes) is 1. The average molecular weight is 422 g/mol. The van der Waals surface area contributed by atoms with E-state index in [1.165, 1.54) is 13.8 Å². The van der Waals surface area contributed by atoms with Crippen LogP contribution in [0.4, 0.5) is 26.3 Å². The van der Waals surface area contributed by atoms with Gasteiger partial charge in [0, 0.05) is 13.2 Å². The lowest BCUT2D eigenvalue weighted by atomic mass is 9.74. The molecule has 166 valence electrons. The van der Waals surface area contributed by atoms with Gasteiger partial charge in [0.25, 0.3) is 0 Å². The minimum Gasteiger partial charge on any atom is -0.381 e. The molecule has 0 aromatic rings. The molecule has 0 aromatic carbocycles. The molecule has 0 bridgehead atoms. The number of rotatable bonds is 9. The molecule has 0 radical (unpaired) electrons. The van der Waals surface area contributed by atoms with E-state index in [-0.39, 0.29) is 26.4 Å². The van der Waals surface area contributed by atoms with Crippen molar-refractivity contribution in [2.75, 3.05) is 26.4 Å². The summed E-state index contributed by atoms with van der Waals surface area (Å²) in [6.07, 6.45) is -12.5. The van der Waals surface area contributed by atoms with E-state index in [0.717, 1.165) is 0 Å². The van der Waals surface area contributed by atoms with Crippen molar-refractivity contribution in [1.82, 2.24) is 0 Å². The van der Waals surface area contributed by atoms with Crippen LogP contribution < -0.4 is 0 Å². The molecule has 6 atom stereocenters. The van der Waals surface area contributed by atoms with Gasteiger partial charge in [0.2, 0.25) is 0 Å². The third kappa shape index (κ3) is 4.76. The molecule has 0 aromatic heterocycles. The van der Waals surface area contributed by atoms with Crippen molar-refractivity contribution >= 4 is 0 Å². The van der Waals surface area contributed by atoms with Gasteiger partial charge in [-0.3, -0.25) is 0 Å². The lowest BCUT2D eigenvalue weighted by Crippen LogP contribution is -2.64. The summed E-state index contributed by atoms with van der Waals surface area (Å²) in [5.74, 6) is 0. The molecule has 6 unspecified atom stereocenters. The molecule has 0 saturated carbocycles. The fourth-order valence-electron chi connectivity index (χ4n) is 3.59. The summed E-state index contributed by atoms with van der Waals surface area (Å²) in [6, 6.07) is 0. The van der Waals surface area contributed by atoms with E-state index in [1.54, 1.807) is 13.8 Å². The highest BCUT2D eigenvalue weighted by molar-refractivity contribution is 5.01. The normalized spacial score (nSPS) is 38.8. The summed E-state index contributed by atoms with van der Waals surface area (Å²) < 4.78 is 97.6. The molecule has 2 rings (SSSR count). The van der Waals surface area contributed by atoms with E-state index in [9.17, 15) is 26.3 Å². The fourth-order valence-corrected chi connectivity index (χ4v) is 3.59. The van der Waals surface area contributed by atoms with Crippen LogP contribution in [0.2, 0.25) is 0 Å². The first kappa shape index (κ1) is 23.7. The molecule has 0 N–H and O–H groups in total. The van der Waals surface area contributed by atoms with Crippen LogP contribution in [0.25, 0.3) is 0 Å². The summed E-state index contributed by atoms with van der Waals surface area (Å²) in [4.78, 5) is 0. The minimum atomic E-state index is -4.43. The Hall–Kier alpha value is -0.580.